The lowest BCUT2D eigenvalue weighted by atomic mass is 10.3. The van der Waals surface area contributed by atoms with Crippen LogP contribution >= 0.6 is 11.6 Å². The van der Waals surface area contributed by atoms with Crippen LogP contribution in [0.25, 0.3) is 0 Å². The third-order valence-electron chi connectivity index (χ3n) is 2.05. The molecule has 0 aliphatic rings. The molecule has 0 aromatic carbocycles. The smallest absolute Gasteiger partial charge is 0.222 e. The molecule has 2 N–H and O–H groups in total. The Morgan fingerprint density at radius 3 is 2.75 bits per heavy atom. The fourth-order valence-corrected chi connectivity index (χ4v) is 1.39. The third-order valence-corrected chi connectivity index (χ3v) is 2.24. The number of H-pyrrole nitrogens is 1. The summed E-state index contributed by atoms with van der Waals surface area (Å²) in [5.41, 5.74) is 0. The Balaban J connectivity index is 1.70. The van der Waals surface area contributed by atoms with Crippen LogP contribution in [0.3, 0.4) is 0 Å². The first-order valence-electron chi connectivity index (χ1n) is 5.04. The molecule has 6 heteroatoms. The molecule has 5 nitrogen and oxygen atoms in total. The summed E-state index contributed by atoms with van der Waals surface area (Å²) in [7, 11) is 0. The second-order valence-electron chi connectivity index (χ2n) is 3.29. The van der Waals surface area contributed by atoms with E-state index in [1.807, 2.05) is 6.20 Å². The Hall–Kier alpha value is -1.62. The number of anilines is 1. The third kappa shape index (κ3) is 3.20. The fraction of sp³-hybridized carbons (Fsp3) is 0.300. The molecular weight excluding hydrogens is 226 g/mol. The maximum atomic E-state index is 5.68. The minimum atomic E-state index is 0.543. The number of aromatic nitrogens is 4. The first kappa shape index (κ1) is 10.9. The van der Waals surface area contributed by atoms with E-state index in [9.17, 15) is 0 Å². The van der Waals surface area contributed by atoms with Gasteiger partial charge in [0.2, 0.25) is 5.95 Å². The van der Waals surface area contributed by atoms with Crippen molar-refractivity contribution in [3.05, 3.63) is 35.6 Å². The van der Waals surface area contributed by atoms with Crippen molar-refractivity contribution < 1.29 is 0 Å². The standard InChI is InChI=1S/C10H12ClN5/c11-8-6-15-10(16-7-8)14-3-1-2-9-12-4-5-13-9/h4-7H,1-3H2,(H,12,13)(H,14,15,16). The van der Waals surface area contributed by atoms with Gasteiger partial charge in [0, 0.05) is 25.4 Å². The number of rotatable bonds is 5. The zero-order valence-electron chi connectivity index (χ0n) is 8.65. The Morgan fingerprint density at radius 1 is 1.25 bits per heavy atom. The zero-order valence-corrected chi connectivity index (χ0v) is 9.41. The van der Waals surface area contributed by atoms with Gasteiger partial charge in [-0.15, -0.1) is 0 Å². The second-order valence-corrected chi connectivity index (χ2v) is 3.73. The summed E-state index contributed by atoms with van der Waals surface area (Å²) < 4.78 is 0. The quantitative estimate of drug-likeness (QED) is 0.780. The van der Waals surface area contributed by atoms with Crippen molar-refractivity contribution in [3.8, 4) is 0 Å². The van der Waals surface area contributed by atoms with E-state index in [1.165, 1.54) is 0 Å². The molecule has 0 atom stereocenters. The van der Waals surface area contributed by atoms with Crippen LogP contribution in [0.1, 0.15) is 12.2 Å². The van der Waals surface area contributed by atoms with E-state index in [4.69, 9.17) is 11.6 Å². The minimum Gasteiger partial charge on any atom is -0.354 e. The Morgan fingerprint density at radius 2 is 2.06 bits per heavy atom. The first-order valence-corrected chi connectivity index (χ1v) is 5.42. The lowest BCUT2D eigenvalue weighted by Crippen LogP contribution is -2.06. The molecule has 0 bridgehead atoms. The van der Waals surface area contributed by atoms with E-state index in [-0.39, 0.29) is 0 Å². The number of nitrogens with zero attached hydrogens (tertiary/aromatic N) is 3. The van der Waals surface area contributed by atoms with Gasteiger partial charge in [-0.25, -0.2) is 15.0 Å². The van der Waals surface area contributed by atoms with E-state index in [0.717, 1.165) is 25.2 Å². The largest absolute Gasteiger partial charge is 0.354 e. The second kappa shape index (κ2) is 5.46. The number of nitrogens with one attached hydrogen (secondary N) is 2. The summed E-state index contributed by atoms with van der Waals surface area (Å²) in [6.45, 7) is 0.808. The van der Waals surface area contributed by atoms with Crippen molar-refractivity contribution in [2.24, 2.45) is 0 Å². The molecule has 0 aliphatic carbocycles. The van der Waals surface area contributed by atoms with Crippen LogP contribution in [-0.2, 0) is 6.42 Å². The lowest BCUT2D eigenvalue weighted by molar-refractivity contribution is 0.810. The van der Waals surface area contributed by atoms with E-state index >= 15 is 0 Å². The molecule has 84 valence electrons. The Kier molecular flexibility index (Phi) is 3.71. The van der Waals surface area contributed by atoms with Gasteiger partial charge in [0.1, 0.15) is 5.82 Å². The molecule has 2 heterocycles. The number of imidazole rings is 1. The normalized spacial score (nSPS) is 10.3. The van der Waals surface area contributed by atoms with Crippen LogP contribution in [0.5, 0.6) is 0 Å². The van der Waals surface area contributed by atoms with E-state index in [0.29, 0.717) is 11.0 Å². The lowest BCUT2D eigenvalue weighted by Gasteiger charge is -2.02. The van der Waals surface area contributed by atoms with Gasteiger partial charge in [-0.05, 0) is 6.42 Å². The summed E-state index contributed by atoms with van der Waals surface area (Å²) in [5.74, 6) is 1.60. The summed E-state index contributed by atoms with van der Waals surface area (Å²) in [5, 5.41) is 3.65. The molecule has 0 spiro atoms. The highest BCUT2D eigenvalue weighted by molar-refractivity contribution is 6.30. The summed E-state index contributed by atoms with van der Waals surface area (Å²) >= 11 is 5.68. The van der Waals surface area contributed by atoms with Gasteiger partial charge < -0.3 is 10.3 Å². The van der Waals surface area contributed by atoms with Gasteiger partial charge >= 0.3 is 0 Å². The van der Waals surface area contributed by atoms with Crippen molar-refractivity contribution in [2.45, 2.75) is 12.8 Å². The first-order chi connectivity index (χ1) is 7.84. The Bertz CT molecular complexity index is 411. The van der Waals surface area contributed by atoms with Gasteiger partial charge in [0.05, 0.1) is 17.4 Å². The molecule has 0 amide bonds. The molecule has 2 rings (SSSR count). The van der Waals surface area contributed by atoms with Crippen LogP contribution in [0.15, 0.2) is 24.8 Å². The predicted octanol–water partition coefficient (Wildman–Crippen LogP) is 1.90. The van der Waals surface area contributed by atoms with Crippen LogP contribution in [-0.4, -0.2) is 26.5 Å². The number of hydrogen-bond acceptors (Lipinski definition) is 4. The molecule has 0 saturated heterocycles. The molecule has 0 unspecified atom stereocenters. The molecule has 0 saturated carbocycles. The van der Waals surface area contributed by atoms with Crippen molar-refractivity contribution in [3.63, 3.8) is 0 Å². The van der Waals surface area contributed by atoms with Gasteiger partial charge in [0.15, 0.2) is 0 Å². The molecule has 0 fully saturated rings. The number of aromatic amines is 1. The highest BCUT2D eigenvalue weighted by Gasteiger charge is 1.97. The molecule has 0 radical (unpaired) electrons. The van der Waals surface area contributed by atoms with Crippen molar-refractivity contribution in [1.29, 1.82) is 0 Å². The Labute approximate surface area is 98.3 Å². The van der Waals surface area contributed by atoms with E-state index in [1.54, 1.807) is 18.6 Å². The molecular formula is C10H12ClN5. The fourth-order valence-electron chi connectivity index (χ4n) is 1.29. The zero-order chi connectivity index (χ0) is 11.2. The average molecular weight is 238 g/mol. The summed E-state index contributed by atoms with van der Waals surface area (Å²) in [6, 6.07) is 0. The summed E-state index contributed by atoms with van der Waals surface area (Å²) in [6.07, 6.45) is 8.61. The van der Waals surface area contributed by atoms with Gasteiger partial charge in [-0.3, -0.25) is 0 Å². The predicted molar refractivity (Wildman–Crippen MR) is 62.4 cm³/mol. The maximum Gasteiger partial charge on any atom is 0.222 e. The van der Waals surface area contributed by atoms with Crippen LogP contribution in [0.2, 0.25) is 5.02 Å². The van der Waals surface area contributed by atoms with Crippen LogP contribution < -0.4 is 5.32 Å². The molecule has 2 aromatic heterocycles. The number of aryl methyl sites for hydroxylation is 1. The van der Waals surface area contributed by atoms with Crippen LogP contribution in [0, 0.1) is 0 Å². The van der Waals surface area contributed by atoms with Gasteiger partial charge in [-0.2, -0.15) is 0 Å². The van der Waals surface area contributed by atoms with Crippen molar-refractivity contribution in [1.82, 2.24) is 19.9 Å². The molecule has 0 aliphatic heterocycles. The molecule has 16 heavy (non-hydrogen) atoms. The highest BCUT2D eigenvalue weighted by atomic mass is 35.5. The van der Waals surface area contributed by atoms with Crippen molar-refractivity contribution in [2.75, 3.05) is 11.9 Å². The number of hydrogen-bond donors (Lipinski definition) is 2. The maximum absolute atomic E-state index is 5.68. The number of halogens is 1. The van der Waals surface area contributed by atoms with Gasteiger partial charge in [0.25, 0.3) is 0 Å². The van der Waals surface area contributed by atoms with Gasteiger partial charge in [-0.1, -0.05) is 11.6 Å². The van der Waals surface area contributed by atoms with Crippen LogP contribution in [0.4, 0.5) is 5.95 Å². The van der Waals surface area contributed by atoms with E-state index in [2.05, 4.69) is 25.3 Å². The van der Waals surface area contributed by atoms with E-state index < -0.39 is 0 Å². The SMILES string of the molecule is Clc1cnc(NCCCc2ncc[nH]2)nc1. The highest BCUT2D eigenvalue weighted by Crippen LogP contribution is 2.05. The minimum absolute atomic E-state index is 0.543. The van der Waals surface area contributed by atoms with Crippen molar-refractivity contribution >= 4 is 17.5 Å². The monoisotopic (exact) mass is 237 g/mol. The average Bonchev–Trinajstić information content (AvgIpc) is 2.80. The molecule has 2 aromatic rings. The summed E-state index contributed by atoms with van der Waals surface area (Å²) in [4.78, 5) is 15.3. The topological polar surface area (TPSA) is 66.5 Å².